The van der Waals surface area contributed by atoms with Crippen LogP contribution in [0.3, 0.4) is 0 Å². The van der Waals surface area contributed by atoms with E-state index in [0.717, 1.165) is 0 Å². The molecule has 1 aliphatic carbocycles. The molecule has 3 aromatic rings. The number of carbonyl (C=O) groups excluding carboxylic acids is 2. The van der Waals surface area contributed by atoms with Crippen molar-refractivity contribution in [1.29, 1.82) is 0 Å². The molecule has 0 heterocycles. The summed E-state index contributed by atoms with van der Waals surface area (Å²) in [5, 5.41) is 6.50. The Morgan fingerprint density at radius 2 is 1.46 bits per heavy atom. The molecule has 5 nitrogen and oxygen atoms in total. The Bertz CT molecular complexity index is 1330. The van der Waals surface area contributed by atoms with Crippen LogP contribution in [-0.4, -0.2) is 26.6 Å². The molecule has 1 saturated carbocycles. The van der Waals surface area contributed by atoms with Gasteiger partial charge in [-0.25, -0.2) is 0 Å². The number of nitrogens with one attached hydrogen (secondary N) is 2. The Hall–Kier alpha value is -1.80. The van der Waals surface area contributed by atoms with Gasteiger partial charge in [0.05, 0.1) is 16.5 Å². The van der Waals surface area contributed by atoms with Crippen LogP contribution in [-0.2, 0) is 15.6 Å². The zero-order valence-electron chi connectivity index (χ0n) is 18.0. The Balaban J connectivity index is 1.49. The molecule has 0 aliphatic heterocycles. The summed E-state index contributed by atoms with van der Waals surface area (Å²) in [6.45, 7) is 0. The molecular weight excluding hydrogens is 574 g/mol. The van der Waals surface area contributed by atoms with Crippen molar-refractivity contribution in [2.75, 3.05) is 16.9 Å². The predicted octanol–water partition coefficient (Wildman–Crippen LogP) is 7.16. The van der Waals surface area contributed by atoms with Crippen LogP contribution in [0.1, 0.15) is 21.8 Å². The van der Waals surface area contributed by atoms with Crippen molar-refractivity contribution in [2.24, 2.45) is 5.92 Å². The first-order chi connectivity index (χ1) is 16.5. The number of hydrogen-bond acceptors (Lipinski definition) is 3. The van der Waals surface area contributed by atoms with E-state index in [1.165, 1.54) is 12.1 Å². The molecule has 11 heteroatoms. The number of anilines is 2. The number of hydrogen-bond donors (Lipinski definition) is 2. The molecule has 1 fully saturated rings. The zero-order chi connectivity index (χ0) is 25.5. The quantitative estimate of drug-likeness (QED) is 0.299. The van der Waals surface area contributed by atoms with Crippen LogP contribution >= 0.6 is 58.0 Å². The molecule has 3 atom stereocenters. The van der Waals surface area contributed by atoms with Crippen LogP contribution in [0, 0.1) is 5.92 Å². The maximum absolute atomic E-state index is 13.0. The van der Waals surface area contributed by atoms with Crippen molar-refractivity contribution in [1.82, 2.24) is 0 Å². The molecule has 0 spiro atoms. The van der Waals surface area contributed by atoms with Crippen LogP contribution in [0.4, 0.5) is 11.4 Å². The van der Waals surface area contributed by atoms with Crippen LogP contribution in [0.25, 0.3) is 0 Å². The molecule has 0 bridgehead atoms. The third kappa shape index (κ3) is 5.79. The normalized spacial score (nSPS) is 19.0. The highest BCUT2D eigenvalue weighted by Gasteiger charge is 2.67. The van der Waals surface area contributed by atoms with Gasteiger partial charge in [0.2, 0.25) is 5.91 Å². The van der Waals surface area contributed by atoms with Crippen molar-refractivity contribution in [3.63, 3.8) is 0 Å². The minimum atomic E-state index is -1.33. The van der Waals surface area contributed by atoms with Crippen molar-refractivity contribution in [3.8, 4) is 0 Å². The van der Waals surface area contributed by atoms with Gasteiger partial charge in [0.25, 0.3) is 5.91 Å². The molecular formula is C24H17Cl5N2O3S. The van der Waals surface area contributed by atoms with E-state index in [1.807, 2.05) is 0 Å². The van der Waals surface area contributed by atoms with Gasteiger partial charge in [-0.1, -0.05) is 34.8 Å². The van der Waals surface area contributed by atoms with E-state index in [-0.39, 0.29) is 10.6 Å². The summed E-state index contributed by atoms with van der Waals surface area (Å²) in [5.41, 5.74) is 1.66. The lowest BCUT2D eigenvalue weighted by Crippen LogP contribution is -2.18. The number of rotatable bonds is 6. The average Bonchev–Trinajstić information content (AvgIpc) is 3.36. The molecule has 2 amide bonds. The van der Waals surface area contributed by atoms with Gasteiger partial charge >= 0.3 is 0 Å². The Morgan fingerprint density at radius 3 is 2.06 bits per heavy atom. The van der Waals surface area contributed by atoms with E-state index in [9.17, 15) is 13.8 Å². The molecule has 1 aliphatic rings. The summed E-state index contributed by atoms with van der Waals surface area (Å²) in [6.07, 6.45) is 1.57. The van der Waals surface area contributed by atoms with Gasteiger partial charge in [0.15, 0.2) is 0 Å². The highest BCUT2D eigenvalue weighted by molar-refractivity contribution is 7.84. The maximum atomic E-state index is 13.0. The van der Waals surface area contributed by atoms with Crippen molar-refractivity contribution in [3.05, 3.63) is 86.9 Å². The maximum Gasteiger partial charge on any atom is 0.257 e. The summed E-state index contributed by atoms with van der Waals surface area (Å²) in [7, 11) is -1.13. The molecule has 0 radical (unpaired) electrons. The van der Waals surface area contributed by atoms with E-state index >= 15 is 0 Å². The molecule has 0 aromatic heterocycles. The number of amides is 2. The smallest absolute Gasteiger partial charge is 0.257 e. The molecule has 2 N–H and O–H groups in total. The second-order valence-corrected chi connectivity index (χ2v) is 12.1. The minimum absolute atomic E-state index is 0.157. The first-order valence-corrected chi connectivity index (χ1v) is 13.6. The van der Waals surface area contributed by atoms with Gasteiger partial charge in [-0.15, -0.1) is 23.2 Å². The Morgan fingerprint density at radius 1 is 0.857 bits per heavy atom. The molecule has 4 rings (SSSR count). The largest absolute Gasteiger partial charge is 0.326 e. The third-order valence-electron chi connectivity index (χ3n) is 5.50. The highest BCUT2D eigenvalue weighted by Crippen LogP contribution is 2.65. The Labute approximate surface area is 229 Å². The van der Waals surface area contributed by atoms with Crippen LogP contribution in [0.15, 0.2) is 65.6 Å². The van der Waals surface area contributed by atoms with Gasteiger partial charge in [0.1, 0.15) is 4.33 Å². The molecule has 3 aromatic carbocycles. The van der Waals surface area contributed by atoms with E-state index in [2.05, 4.69) is 10.6 Å². The fourth-order valence-electron chi connectivity index (χ4n) is 3.75. The first kappa shape index (κ1) is 26.3. The summed E-state index contributed by atoms with van der Waals surface area (Å²) < 4.78 is 10.2. The van der Waals surface area contributed by atoms with Crippen LogP contribution in [0.5, 0.6) is 0 Å². The number of alkyl halides is 2. The number of carbonyl (C=O) groups is 2. The predicted molar refractivity (Wildman–Crippen MR) is 144 cm³/mol. The Kier molecular flexibility index (Phi) is 7.72. The van der Waals surface area contributed by atoms with Gasteiger partial charge < -0.3 is 10.6 Å². The molecule has 3 unspecified atom stereocenters. The topological polar surface area (TPSA) is 75.3 Å². The van der Waals surface area contributed by atoms with E-state index < -0.39 is 38.8 Å². The van der Waals surface area contributed by atoms with Crippen LogP contribution < -0.4 is 10.6 Å². The van der Waals surface area contributed by atoms with Crippen molar-refractivity contribution >= 4 is 92.0 Å². The second-order valence-electron chi connectivity index (χ2n) is 7.95. The van der Waals surface area contributed by atoms with Crippen molar-refractivity contribution < 1.29 is 13.8 Å². The molecule has 0 saturated heterocycles. The summed E-state index contributed by atoms with van der Waals surface area (Å²) in [6, 6.07) is 16.1. The van der Waals surface area contributed by atoms with Crippen molar-refractivity contribution in [2.45, 2.75) is 15.1 Å². The number of halogens is 5. The summed E-state index contributed by atoms with van der Waals surface area (Å²) >= 11 is 31.2. The van der Waals surface area contributed by atoms with E-state index in [1.54, 1.807) is 54.8 Å². The van der Waals surface area contributed by atoms with Gasteiger partial charge in [-0.3, -0.25) is 13.8 Å². The SMILES string of the molecule is CS(=O)c1ccc(NC(=O)c2cc(NC(=O)C3C(c4cc(Cl)cc(Cl)c4)C3(Cl)Cl)ccc2Cl)cc1. The average molecular weight is 591 g/mol. The zero-order valence-corrected chi connectivity index (χ0v) is 22.5. The number of benzene rings is 3. The first-order valence-electron chi connectivity index (χ1n) is 10.2. The fourth-order valence-corrected chi connectivity index (χ4v) is 5.84. The minimum Gasteiger partial charge on any atom is -0.326 e. The van der Waals surface area contributed by atoms with Gasteiger partial charge in [0, 0.05) is 49.3 Å². The molecule has 35 heavy (non-hydrogen) atoms. The lowest BCUT2D eigenvalue weighted by atomic mass is 10.1. The van der Waals surface area contributed by atoms with Gasteiger partial charge in [-0.05, 0) is 66.2 Å². The van der Waals surface area contributed by atoms with E-state index in [0.29, 0.717) is 31.9 Å². The van der Waals surface area contributed by atoms with Gasteiger partial charge in [-0.2, -0.15) is 0 Å². The molecule has 182 valence electrons. The van der Waals surface area contributed by atoms with Crippen LogP contribution in [0.2, 0.25) is 15.1 Å². The van der Waals surface area contributed by atoms with E-state index in [4.69, 9.17) is 58.0 Å². The lowest BCUT2D eigenvalue weighted by molar-refractivity contribution is -0.117. The standard InChI is InChI=1S/C24H17Cl5N2O3S/c1-35(34)17-5-2-15(3-6-17)30-22(32)18-11-16(4-7-19(18)27)31-23(33)21-20(24(21,28)29)12-8-13(25)10-14(26)9-12/h2-11,20-21H,1H3,(H,30,32)(H,31,33). The highest BCUT2D eigenvalue weighted by atomic mass is 35.5. The summed E-state index contributed by atoms with van der Waals surface area (Å²) in [4.78, 5) is 26.4. The fraction of sp³-hybridized carbons (Fsp3) is 0.167. The lowest BCUT2D eigenvalue weighted by Gasteiger charge is -2.11. The third-order valence-corrected chi connectivity index (χ3v) is 8.15. The summed E-state index contributed by atoms with van der Waals surface area (Å²) in [5.74, 6) is -2.15. The second kappa shape index (κ2) is 10.3. The monoisotopic (exact) mass is 588 g/mol.